The molecule has 134 valence electrons. The maximum atomic E-state index is 11.7. The van der Waals surface area contributed by atoms with Crippen LogP contribution in [-0.4, -0.2) is 49.5 Å². The fourth-order valence-electron chi connectivity index (χ4n) is 3.00. The zero-order chi connectivity index (χ0) is 16.1. The second-order valence-corrected chi connectivity index (χ2v) is 7.38. The molecule has 0 heterocycles. The first-order valence-corrected chi connectivity index (χ1v) is 8.73. The smallest absolute Gasteiger partial charge is 0.243 e. The van der Waals surface area contributed by atoms with E-state index in [0.717, 1.165) is 17.8 Å². The van der Waals surface area contributed by atoms with E-state index >= 15 is 0 Å². The van der Waals surface area contributed by atoms with Gasteiger partial charge in [-0.25, -0.2) is 4.99 Å². The molecule has 0 spiro atoms. The van der Waals surface area contributed by atoms with E-state index in [1.807, 2.05) is 0 Å². The molecule has 2 fully saturated rings. The number of aliphatic imine (C=N–C) groups is 1. The van der Waals surface area contributed by atoms with E-state index in [2.05, 4.69) is 29.5 Å². The molecule has 0 aliphatic heterocycles. The van der Waals surface area contributed by atoms with Crippen LogP contribution >= 0.6 is 24.0 Å². The summed E-state index contributed by atoms with van der Waals surface area (Å²) >= 11 is 0. The van der Waals surface area contributed by atoms with E-state index < -0.39 is 0 Å². The Morgan fingerprint density at radius 3 is 2.35 bits per heavy atom. The second-order valence-electron chi connectivity index (χ2n) is 7.38. The van der Waals surface area contributed by atoms with E-state index in [4.69, 9.17) is 0 Å². The quantitative estimate of drug-likeness (QED) is 0.396. The third-order valence-corrected chi connectivity index (χ3v) is 4.79. The van der Waals surface area contributed by atoms with E-state index in [0.29, 0.717) is 12.1 Å². The molecule has 2 atom stereocenters. The first-order chi connectivity index (χ1) is 10.5. The molecule has 0 aromatic rings. The normalized spacial score (nSPS) is 24.8. The number of carbonyl (C=O) groups is 1. The molecule has 23 heavy (non-hydrogen) atoms. The van der Waals surface area contributed by atoms with E-state index in [1.54, 1.807) is 19.0 Å². The second kappa shape index (κ2) is 9.69. The van der Waals surface area contributed by atoms with Crippen LogP contribution in [-0.2, 0) is 4.79 Å². The first kappa shape index (κ1) is 20.5. The van der Waals surface area contributed by atoms with Gasteiger partial charge in [0.15, 0.2) is 5.96 Å². The predicted molar refractivity (Wildman–Crippen MR) is 106 cm³/mol. The Balaban J connectivity index is 0.00000264. The summed E-state index contributed by atoms with van der Waals surface area (Å²) in [4.78, 5) is 17.8. The summed E-state index contributed by atoms with van der Waals surface area (Å²) in [6, 6.07) is 1.03. The zero-order valence-corrected chi connectivity index (χ0v) is 17.3. The van der Waals surface area contributed by atoms with Crippen LogP contribution in [0.5, 0.6) is 0 Å². The Kier molecular flexibility index (Phi) is 8.64. The fourth-order valence-corrected chi connectivity index (χ4v) is 3.00. The maximum absolute atomic E-state index is 11.7. The van der Waals surface area contributed by atoms with Gasteiger partial charge in [-0.05, 0) is 37.5 Å². The number of nitrogens with zero attached hydrogens (tertiary/aromatic N) is 2. The van der Waals surface area contributed by atoms with Crippen molar-refractivity contribution >= 4 is 35.8 Å². The van der Waals surface area contributed by atoms with E-state index in [9.17, 15) is 4.79 Å². The topological polar surface area (TPSA) is 56.7 Å². The van der Waals surface area contributed by atoms with Gasteiger partial charge < -0.3 is 15.5 Å². The molecule has 2 N–H and O–H groups in total. The number of hydrogen-bond acceptors (Lipinski definition) is 2. The van der Waals surface area contributed by atoms with Gasteiger partial charge in [0.1, 0.15) is 6.54 Å². The Labute approximate surface area is 158 Å². The number of halogens is 1. The lowest BCUT2D eigenvalue weighted by Gasteiger charge is -2.33. The molecule has 1 amide bonds. The summed E-state index contributed by atoms with van der Waals surface area (Å²) in [5.41, 5.74) is 0. The molecule has 0 saturated heterocycles. The molecule has 2 rings (SSSR count). The highest BCUT2D eigenvalue weighted by atomic mass is 127. The number of likely N-dealkylation sites (N-methyl/N-ethyl adjacent to an activating group) is 1. The van der Waals surface area contributed by atoms with Crippen molar-refractivity contribution in [1.29, 1.82) is 0 Å². The number of amides is 1. The molecule has 2 unspecified atom stereocenters. The lowest BCUT2D eigenvalue weighted by molar-refractivity contribution is -0.127. The number of hydrogen-bond donors (Lipinski definition) is 2. The fraction of sp³-hybridized carbons (Fsp3) is 0.882. The largest absolute Gasteiger partial charge is 0.354 e. The van der Waals surface area contributed by atoms with Gasteiger partial charge in [0.2, 0.25) is 5.91 Å². The van der Waals surface area contributed by atoms with Crippen LogP contribution in [0.3, 0.4) is 0 Å². The van der Waals surface area contributed by atoms with Crippen molar-refractivity contribution in [1.82, 2.24) is 15.5 Å². The Bertz CT molecular complexity index is 407. The van der Waals surface area contributed by atoms with Crippen molar-refractivity contribution in [3.8, 4) is 0 Å². The van der Waals surface area contributed by atoms with Crippen LogP contribution in [0, 0.1) is 11.8 Å². The maximum Gasteiger partial charge on any atom is 0.243 e. The highest BCUT2D eigenvalue weighted by Gasteiger charge is 2.27. The number of rotatable bonds is 5. The monoisotopic (exact) mass is 436 g/mol. The molecule has 0 aromatic heterocycles. The Morgan fingerprint density at radius 2 is 1.78 bits per heavy atom. The SMILES string of the molecule is CC(C)C1CCCC(NC(=NCC(=O)N(C)C)NC2CC2)C1.I. The molecule has 0 radical (unpaired) electrons. The van der Waals surface area contributed by atoms with E-state index in [-0.39, 0.29) is 36.4 Å². The van der Waals surface area contributed by atoms with Crippen molar-refractivity contribution < 1.29 is 4.79 Å². The van der Waals surface area contributed by atoms with Gasteiger partial charge >= 0.3 is 0 Å². The van der Waals surface area contributed by atoms with Crippen molar-refractivity contribution in [3.05, 3.63) is 0 Å². The van der Waals surface area contributed by atoms with Crippen LogP contribution in [0.25, 0.3) is 0 Å². The number of carbonyl (C=O) groups excluding carboxylic acids is 1. The van der Waals surface area contributed by atoms with Crippen LogP contribution in [0.4, 0.5) is 0 Å². The van der Waals surface area contributed by atoms with Crippen LogP contribution in [0.2, 0.25) is 0 Å². The van der Waals surface area contributed by atoms with Gasteiger partial charge in [-0.1, -0.05) is 26.7 Å². The summed E-state index contributed by atoms with van der Waals surface area (Å²) < 4.78 is 0. The molecule has 0 aromatic carbocycles. The highest BCUT2D eigenvalue weighted by molar-refractivity contribution is 14.0. The average molecular weight is 436 g/mol. The van der Waals surface area contributed by atoms with Gasteiger partial charge in [0.25, 0.3) is 0 Å². The van der Waals surface area contributed by atoms with Crippen molar-refractivity contribution in [2.75, 3.05) is 20.6 Å². The lowest BCUT2D eigenvalue weighted by atomic mass is 9.79. The minimum absolute atomic E-state index is 0. The lowest BCUT2D eigenvalue weighted by Crippen LogP contribution is -2.47. The minimum atomic E-state index is 0. The van der Waals surface area contributed by atoms with Gasteiger partial charge in [0, 0.05) is 26.2 Å². The van der Waals surface area contributed by atoms with Gasteiger partial charge in [-0.15, -0.1) is 24.0 Å². The zero-order valence-electron chi connectivity index (χ0n) is 15.0. The van der Waals surface area contributed by atoms with E-state index in [1.165, 1.54) is 38.5 Å². The summed E-state index contributed by atoms with van der Waals surface area (Å²) in [7, 11) is 3.54. The van der Waals surface area contributed by atoms with Gasteiger partial charge in [0.05, 0.1) is 0 Å². The molecule has 2 aliphatic rings. The van der Waals surface area contributed by atoms with Crippen molar-refractivity contribution in [2.24, 2.45) is 16.8 Å². The van der Waals surface area contributed by atoms with Crippen molar-refractivity contribution in [2.45, 2.75) is 64.5 Å². The van der Waals surface area contributed by atoms with Gasteiger partial charge in [-0.3, -0.25) is 4.79 Å². The molecule has 2 saturated carbocycles. The molecular weight excluding hydrogens is 403 g/mol. The Morgan fingerprint density at radius 1 is 1.13 bits per heavy atom. The average Bonchev–Trinajstić information content (AvgIpc) is 3.28. The molecule has 2 aliphatic carbocycles. The number of guanidine groups is 1. The van der Waals surface area contributed by atoms with Crippen LogP contribution < -0.4 is 10.6 Å². The minimum Gasteiger partial charge on any atom is -0.354 e. The first-order valence-electron chi connectivity index (χ1n) is 8.73. The molecule has 6 heteroatoms. The van der Waals surface area contributed by atoms with Crippen LogP contribution in [0.15, 0.2) is 4.99 Å². The summed E-state index contributed by atoms with van der Waals surface area (Å²) in [6.45, 7) is 4.86. The number of nitrogens with one attached hydrogen (secondary N) is 2. The Hall–Kier alpha value is -0.530. The van der Waals surface area contributed by atoms with Crippen LogP contribution in [0.1, 0.15) is 52.4 Å². The molecular formula is C17H33IN4O. The highest BCUT2D eigenvalue weighted by Crippen LogP contribution is 2.30. The summed E-state index contributed by atoms with van der Waals surface area (Å²) in [5.74, 6) is 2.42. The molecule has 0 bridgehead atoms. The predicted octanol–water partition coefficient (Wildman–Crippen LogP) is 2.61. The van der Waals surface area contributed by atoms with Crippen molar-refractivity contribution in [3.63, 3.8) is 0 Å². The third kappa shape index (κ3) is 7.27. The standard InChI is InChI=1S/C17H32N4O.HI/c1-12(2)13-6-5-7-15(10-13)20-17(19-14-8-9-14)18-11-16(22)21(3)4;/h12-15H,5-11H2,1-4H3,(H2,18,19,20);1H. The van der Waals surface area contributed by atoms with Gasteiger partial charge in [-0.2, -0.15) is 0 Å². The molecule has 5 nitrogen and oxygen atoms in total. The summed E-state index contributed by atoms with van der Waals surface area (Å²) in [5, 5.41) is 7.02. The third-order valence-electron chi connectivity index (χ3n) is 4.79. The summed E-state index contributed by atoms with van der Waals surface area (Å²) in [6.07, 6.45) is 7.47.